The van der Waals surface area contributed by atoms with E-state index in [1.54, 1.807) is 18.7 Å². The number of carboxylic acid groups (broad SMARTS) is 1. The van der Waals surface area contributed by atoms with Gasteiger partial charge in [0.05, 0.1) is 18.1 Å². The summed E-state index contributed by atoms with van der Waals surface area (Å²) in [4.78, 5) is 29.1. The van der Waals surface area contributed by atoms with Crippen LogP contribution in [-0.4, -0.2) is 88.1 Å². The third-order valence-corrected chi connectivity index (χ3v) is 8.49. The Morgan fingerprint density at radius 2 is 2.21 bits per heavy atom. The Balaban J connectivity index is 1.40. The number of amides is 1. The lowest BCUT2D eigenvalue weighted by Gasteiger charge is -2.46. The highest BCUT2D eigenvalue weighted by Gasteiger charge is 2.60. The van der Waals surface area contributed by atoms with Gasteiger partial charge in [0, 0.05) is 41.7 Å². The van der Waals surface area contributed by atoms with Gasteiger partial charge < -0.3 is 31.1 Å². The second kappa shape index (κ2) is 8.19. The fraction of sp³-hybridized carbons (Fsp3) is 0.800. The maximum absolute atomic E-state index is 12.5. The summed E-state index contributed by atoms with van der Waals surface area (Å²) in [5.41, 5.74) is 5.90. The Kier molecular flexibility index (Phi) is 5.96. The zero-order valence-corrected chi connectivity index (χ0v) is 17.9. The summed E-state index contributed by atoms with van der Waals surface area (Å²) in [6.07, 6.45) is 1.38. The quantitative estimate of drug-likeness (QED) is 0.418. The highest BCUT2D eigenvalue weighted by molar-refractivity contribution is 8.03. The number of nitrogens with two attached hydrogens (primary N) is 1. The number of aliphatic carboxylic acids is 1. The van der Waals surface area contributed by atoms with Gasteiger partial charge in [-0.25, -0.2) is 4.79 Å². The molecule has 4 aliphatic heterocycles. The number of nitrogens with zero attached hydrogens (tertiary/aromatic N) is 2. The number of carbonyl (C=O) groups is 2. The van der Waals surface area contributed by atoms with Crippen molar-refractivity contribution in [2.24, 2.45) is 23.5 Å². The first-order chi connectivity index (χ1) is 13.8. The van der Waals surface area contributed by atoms with Crippen molar-refractivity contribution in [3.8, 4) is 0 Å². The normalized spacial score (nSPS) is 38.5. The molecule has 0 radical (unpaired) electrons. The van der Waals surface area contributed by atoms with Crippen LogP contribution in [0.4, 0.5) is 0 Å². The fourth-order valence-corrected chi connectivity index (χ4v) is 7.02. The molecule has 0 bridgehead atoms. The fourth-order valence-electron chi connectivity index (χ4n) is 5.50. The predicted octanol–water partition coefficient (Wildman–Crippen LogP) is -0.116. The average Bonchev–Trinajstić information content (AvgIpc) is 3.35. The number of nitrogens with one attached hydrogen (secondary N) is 1. The van der Waals surface area contributed by atoms with Crippen molar-refractivity contribution in [3.05, 3.63) is 10.6 Å². The highest BCUT2D eigenvalue weighted by atomic mass is 32.2. The molecule has 29 heavy (non-hydrogen) atoms. The summed E-state index contributed by atoms with van der Waals surface area (Å²) in [5.74, 6) is -1.23. The van der Waals surface area contributed by atoms with Crippen LogP contribution in [0.2, 0.25) is 0 Å². The van der Waals surface area contributed by atoms with Gasteiger partial charge in [-0.3, -0.25) is 4.79 Å². The van der Waals surface area contributed by atoms with Crippen LogP contribution in [0.5, 0.6) is 0 Å². The summed E-state index contributed by atoms with van der Waals surface area (Å²) in [6, 6.07) is 0.200. The predicted molar refractivity (Wildman–Crippen MR) is 111 cm³/mol. The smallest absolute Gasteiger partial charge is 0.353 e. The van der Waals surface area contributed by atoms with Gasteiger partial charge in [0.15, 0.2) is 0 Å². The van der Waals surface area contributed by atoms with Crippen molar-refractivity contribution < 1.29 is 19.8 Å². The van der Waals surface area contributed by atoms with E-state index in [-0.39, 0.29) is 23.6 Å². The second-order valence-electron chi connectivity index (χ2n) is 9.00. The molecule has 0 spiro atoms. The van der Waals surface area contributed by atoms with Crippen LogP contribution in [0.1, 0.15) is 26.7 Å². The maximum Gasteiger partial charge on any atom is 0.353 e. The van der Waals surface area contributed by atoms with Crippen molar-refractivity contribution in [1.82, 2.24) is 15.1 Å². The summed E-state index contributed by atoms with van der Waals surface area (Å²) >= 11 is 1.64. The van der Waals surface area contributed by atoms with E-state index in [4.69, 9.17) is 5.73 Å². The molecule has 5 N–H and O–H groups in total. The number of β-lactam (4-membered cyclic amide) rings is 1. The van der Waals surface area contributed by atoms with Crippen LogP contribution in [0.3, 0.4) is 0 Å². The van der Waals surface area contributed by atoms with Crippen molar-refractivity contribution >= 4 is 23.6 Å². The lowest BCUT2D eigenvalue weighted by atomic mass is 9.79. The van der Waals surface area contributed by atoms with Crippen molar-refractivity contribution in [2.45, 2.75) is 50.1 Å². The van der Waals surface area contributed by atoms with Crippen molar-refractivity contribution in [2.75, 3.05) is 32.7 Å². The number of thioether (sulfide) groups is 1. The molecule has 8 nitrogen and oxygen atoms in total. The van der Waals surface area contributed by atoms with Crippen molar-refractivity contribution in [1.29, 1.82) is 0 Å². The molecule has 4 rings (SSSR count). The Labute approximate surface area is 175 Å². The molecule has 3 fully saturated rings. The van der Waals surface area contributed by atoms with E-state index in [1.807, 2.05) is 6.92 Å². The molecule has 0 aromatic rings. The lowest BCUT2D eigenvalue weighted by Crippen LogP contribution is -2.63. The van der Waals surface area contributed by atoms with Gasteiger partial charge in [-0.05, 0) is 38.8 Å². The number of carbonyl (C=O) groups excluding carboxylic acids is 1. The number of aliphatic hydroxyl groups is 1. The van der Waals surface area contributed by atoms with Crippen LogP contribution in [-0.2, 0) is 9.59 Å². The van der Waals surface area contributed by atoms with E-state index in [2.05, 4.69) is 10.2 Å². The number of likely N-dealkylation sites (tertiary alicyclic amines) is 1. The molecule has 1 amide bonds. The number of aliphatic hydroxyl groups excluding tert-OH is 1. The highest BCUT2D eigenvalue weighted by Crippen LogP contribution is 2.51. The molecule has 162 valence electrons. The molecular weight excluding hydrogens is 392 g/mol. The molecule has 0 aromatic carbocycles. The second-order valence-corrected chi connectivity index (χ2v) is 10.3. The molecule has 4 heterocycles. The monoisotopic (exact) mass is 424 g/mol. The minimum Gasteiger partial charge on any atom is -0.477 e. The number of hydrogen-bond donors (Lipinski definition) is 4. The standard InChI is InChI=1S/C20H32N4O4S/c1-10-16-15(11(2)25)19(26)24(16)17(20(27)28)18(10)29-14-3-4-23(9-14)8-12-5-13(6-21)22-7-12/h10-16,22,25H,3-9,21H2,1-2H3,(H,27,28)/t10-,11-,12+,13+,14-,15-,16-/m1/s1. The topological polar surface area (TPSA) is 119 Å². The zero-order chi connectivity index (χ0) is 20.9. The van der Waals surface area contributed by atoms with Gasteiger partial charge in [-0.1, -0.05) is 6.92 Å². The summed E-state index contributed by atoms with van der Waals surface area (Å²) in [6.45, 7) is 8.31. The third-order valence-electron chi connectivity index (χ3n) is 6.95. The average molecular weight is 425 g/mol. The van der Waals surface area contributed by atoms with Crippen molar-refractivity contribution in [3.63, 3.8) is 0 Å². The van der Waals surface area contributed by atoms with Crippen LogP contribution in [0.15, 0.2) is 10.6 Å². The molecule has 7 atom stereocenters. The molecule has 0 aliphatic carbocycles. The van der Waals surface area contributed by atoms with E-state index in [9.17, 15) is 19.8 Å². The largest absolute Gasteiger partial charge is 0.477 e. The number of rotatable bonds is 7. The molecule has 4 aliphatic rings. The zero-order valence-electron chi connectivity index (χ0n) is 17.1. The van der Waals surface area contributed by atoms with E-state index < -0.39 is 18.0 Å². The Morgan fingerprint density at radius 3 is 2.83 bits per heavy atom. The van der Waals surface area contributed by atoms with Gasteiger partial charge in [0.2, 0.25) is 5.91 Å². The van der Waals surface area contributed by atoms with Gasteiger partial charge >= 0.3 is 5.97 Å². The van der Waals surface area contributed by atoms with Crippen LogP contribution in [0.25, 0.3) is 0 Å². The van der Waals surface area contributed by atoms with Gasteiger partial charge in [-0.15, -0.1) is 11.8 Å². The van der Waals surface area contributed by atoms with Gasteiger partial charge in [0.25, 0.3) is 0 Å². The SMILES string of the molecule is C[C@@H](O)[C@H]1C(=O)N2C(C(=O)O)=C(S[C@@H]3CCN(C[C@@H]4CN[C@H](CN)C4)C3)[C@H](C)[C@H]12. The first-order valence-corrected chi connectivity index (χ1v) is 11.5. The first kappa shape index (κ1) is 21.1. The minimum absolute atomic E-state index is 0.0539. The third kappa shape index (κ3) is 3.72. The van der Waals surface area contributed by atoms with E-state index in [1.165, 1.54) is 4.90 Å². The van der Waals surface area contributed by atoms with Crippen LogP contribution >= 0.6 is 11.8 Å². The Morgan fingerprint density at radius 1 is 1.45 bits per heavy atom. The first-order valence-electron chi connectivity index (χ1n) is 10.6. The van der Waals surface area contributed by atoms with E-state index >= 15 is 0 Å². The Hall–Kier alpha value is -1.13. The van der Waals surface area contributed by atoms with Gasteiger partial charge in [0.1, 0.15) is 5.70 Å². The molecule has 0 saturated carbocycles. The van der Waals surface area contributed by atoms with Gasteiger partial charge in [-0.2, -0.15) is 0 Å². The van der Waals surface area contributed by atoms with E-state index in [0.29, 0.717) is 23.8 Å². The number of fused-ring (bicyclic) bond motifs is 1. The lowest BCUT2D eigenvalue weighted by molar-refractivity contribution is -0.163. The summed E-state index contributed by atoms with van der Waals surface area (Å²) in [5, 5.41) is 23.5. The molecule has 3 saturated heterocycles. The van der Waals surface area contributed by atoms with Crippen LogP contribution in [0, 0.1) is 17.8 Å². The summed E-state index contributed by atoms with van der Waals surface area (Å²) < 4.78 is 0. The maximum atomic E-state index is 12.5. The number of hydrogen-bond acceptors (Lipinski definition) is 7. The van der Waals surface area contributed by atoms with E-state index in [0.717, 1.165) is 43.9 Å². The summed E-state index contributed by atoms with van der Waals surface area (Å²) in [7, 11) is 0. The van der Waals surface area contributed by atoms with Crippen LogP contribution < -0.4 is 11.1 Å². The molecule has 9 heteroatoms. The molecular formula is C20H32N4O4S. The Bertz CT molecular complexity index is 715. The minimum atomic E-state index is -1.04. The number of carboxylic acids is 1. The molecule has 0 aromatic heterocycles. The molecule has 0 unspecified atom stereocenters.